The fourth-order valence-corrected chi connectivity index (χ4v) is 2.69. The van der Waals surface area contributed by atoms with Gasteiger partial charge in [-0.1, -0.05) is 11.6 Å². The summed E-state index contributed by atoms with van der Waals surface area (Å²) in [5.74, 6) is -2.73. The van der Waals surface area contributed by atoms with Crippen LogP contribution >= 0.6 is 11.6 Å². The van der Waals surface area contributed by atoms with Crippen LogP contribution in [0.2, 0.25) is 5.02 Å². The highest BCUT2D eigenvalue weighted by molar-refractivity contribution is 6.30. The third kappa shape index (κ3) is 5.65. The van der Waals surface area contributed by atoms with Crippen molar-refractivity contribution >= 4 is 29.2 Å². The smallest absolute Gasteiger partial charge is 0.344 e. The number of carbonyl (C=O) groups excluding carboxylic acids is 2. The summed E-state index contributed by atoms with van der Waals surface area (Å²) < 4.78 is 36.9. The van der Waals surface area contributed by atoms with Gasteiger partial charge in [0.2, 0.25) is 0 Å². The van der Waals surface area contributed by atoms with Gasteiger partial charge in [-0.2, -0.15) is 0 Å². The van der Waals surface area contributed by atoms with Crippen LogP contribution in [-0.4, -0.2) is 24.6 Å². The average Bonchev–Trinajstić information content (AvgIpc) is 2.56. The van der Waals surface area contributed by atoms with Gasteiger partial charge in [0.05, 0.1) is 5.69 Å². The number of aryl methyl sites for hydroxylation is 2. The second-order valence-corrected chi connectivity index (χ2v) is 6.34. The predicted molar refractivity (Wildman–Crippen MR) is 97.0 cm³/mol. The first-order valence-corrected chi connectivity index (χ1v) is 8.40. The molecule has 0 bridgehead atoms. The fraction of sp³-hybridized carbons (Fsp3) is 0.263. The van der Waals surface area contributed by atoms with E-state index < -0.39 is 36.2 Å². The molecule has 0 aromatic heterocycles. The summed E-state index contributed by atoms with van der Waals surface area (Å²) in [4.78, 5) is 23.9. The summed E-state index contributed by atoms with van der Waals surface area (Å²) in [5, 5.41) is 2.78. The quantitative estimate of drug-likeness (QED) is 0.742. The van der Waals surface area contributed by atoms with Crippen LogP contribution in [0.25, 0.3) is 0 Å². The van der Waals surface area contributed by atoms with E-state index in [0.29, 0.717) is 16.8 Å². The lowest BCUT2D eigenvalue weighted by Crippen LogP contribution is -2.32. The fourth-order valence-electron chi connectivity index (χ4n) is 2.37. The zero-order valence-corrected chi connectivity index (χ0v) is 15.7. The van der Waals surface area contributed by atoms with Crippen molar-refractivity contribution in [2.75, 3.05) is 11.9 Å². The lowest BCUT2D eigenvalue weighted by molar-refractivity contribution is -0.155. The normalized spacial score (nSPS) is 11.6. The summed E-state index contributed by atoms with van der Waals surface area (Å²) in [6.07, 6.45) is -1.20. The number of hydrogen-bond donors (Lipinski definition) is 1. The van der Waals surface area contributed by atoms with Crippen molar-refractivity contribution in [3.63, 3.8) is 0 Å². The van der Waals surface area contributed by atoms with E-state index in [-0.39, 0.29) is 5.69 Å². The molecule has 0 aliphatic rings. The first kappa shape index (κ1) is 20.6. The number of benzene rings is 2. The second-order valence-electron chi connectivity index (χ2n) is 5.90. The van der Waals surface area contributed by atoms with Crippen molar-refractivity contribution in [3.8, 4) is 5.75 Å². The van der Waals surface area contributed by atoms with E-state index in [2.05, 4.69) is 5.32 Å². The number of anilines is 1. The van der Waals surface area contributed by atoms with Gasteiger partial charge >= 0.3 is 5.97 Å². The predicted octanol–water partition coefficient (Wildman–Crippen LogP) is 4.18. The lowest BCUT2D eigenvalue weighted by atomic mass is 10.1. The molecule has 0 unspecified atom stereocenters. The number of hydrogen-bond acceptors (Lipinski definition) is 4. The Balaban J connectivity index is 1.90. The Morgan fingerprint density at radius 2 is 1.78 bits per heavy atom. The number of carbonyl (C=O) groups is 2. The minimum Gasteiger partial charge on any atom is -0.481 e. The Hall–Kier alpha value is -2.67. The Morgan fingerprint density at radius 1 is 1.15 bits per heavy atom. The molecule has 0 spiro atoms. The average molecular weight is 398 g/mol. The molecule has 2 aromatic rings. The molecule has 144 valence electrons. The standard InChI is InChI=1S/C19H18ClF2NO4/c1-10-6-13(20)7-11(2)18(10)26-9-17(24)27-12(3)19(25)23-16-5-4-14(21)8-15(16)22/h4-8,12H,9H2,1-3H3,(H,23,25)/t12-/m1/s1. The van der Waals surface area contributed by atoms with Gasteiger partial charge in [-0.25, -0.2) is 13.6 Å². The molecule has 27 heavy (non-hydrogen) atoms. The summed E-state index contributed by atoms with van der Waals surface area (Å²) in [5.41, 5.74) is 1.30. The minimum absolute atomic E-state index is 0.215. The number of esters is 1. The van der Waals surface area contributed by atoms with Crippen LogP contribution in [0, 0.1) is 25.5 Å². The van der Waals surface area contributed by atoms with Crippen molar-refractivity contribution in [3.05, 3.63) is 58.1 Å². The highest BCUT2D eigenvalue weighted by Crippen LogP contribution is 2.27. The molecule has 1 atom stereocenters. The SMILES string of the molecule is Cc1cc(Cl)cc(C)c1OCC(=O)O[C@H](C)C(=O)Nc1ccc(F)cc1F. The highest BCUT2D eigenvalue weighted by Gasteiger charge is 2.20. The number of rotatable bonds is 6. The van der Waals surface area contributed by atoms with Crippen LogP contribution in [-0.2, 0) is 14.3 Å². The molecule has 0 aliphatic heterocycles. The maximum Gasteiger partial charge on any atom is 0.344 e. The van der Waals surface area contributed by atoms with E-state index in [1.165, 1.54) is 6.92 Å². The van der Waals surface area contributed by atoms with Crippen molar-refractivity contribution < 1.29 is 27.8 Å². The molecule has 1 N–H and O–H groups in total. The molecule has 0 saturated heterocycles. The maximum atomic E-state index is 13.6. The molecule has 5 nitrogen and oxygen atoms in total. The molecule has 0 radical (unpaired) electrons. The third-order valence-electron chi connectivity index (χ3n) is 3.63. The zero-order valence-electron chi connectivity index (χ0n) is 14.9. The summed E-state index contributed by atoms with van der Waals surface area (Å²) in [7, 11) is 0. The third-order valence-corrected chi connectivity index (χ3v) is 3.84. The molecule has 2 aromatic carbocycles. The van der Waals surface area contributed by atoms with E-state index in [1.807, 2.05) is 0 Å². The first-order chi connectivity index (χ1) is 12.7. The Labute approximate surface area is 160 Å². The van der Waals surface area contributed by atoms with Gasteiger partial charge in [-0.05, 0) is 56.2 Å². The van der Waals surface area contributed by atoms with E-state index in [4.69, 9.17) is 21.1 Å². The molecular weight excluding hydrogens is 380 g/mol. The maximum absolute atomic E-state index is 13.6. The topological polar surface area (TPSA) is 64.6 Å². The van der Waals surface area contributed by atoms with Crippen LogP contribution in [0.5, 0.6) is 5.75 Å². The van der Waals surface area contributed by atoms with Gasteiger partial charge < -0.3 is 14.8 Å². The molecule has 0 fully saturated rings. The summed E-state index contributed by atoms with van der Waals surface area (Å²) in [6.45, 7) is 4.49. The minimum atomic E-state index is -1.20. The summed E-state index contributed by atoms with van der Waals surface area (Å²) >= 11 is 5.94. The Bertz CT molecular complexity index is 850. The molecule has 8 heteroatoms. The van der Waals surface area contributed by atoms with Gasteiger partial charge in [0.25, 0.3) is 5.91 Å². The van der Waals surface area contributed by atoms with Gasteiger partial charge in [-0.3, -0.25) is 4.79 Å². The Morgan fingerprint density at radius 3 is 2.37 bits per heavy atom. The highest BCUT2D eigenvalue weighted by atomic mass is 35.5. The van der Waals surface area contributed by atoms with E-state index in [9.17, 15) is 18.4 Å². The van der Waals surface area contributed by atoms with E-state index >= 15 is 0 Å². The van der Waals surface area contributed by atoms with Gasteiger partial charge in [0.1, 0.15) is 17.4 Å². The molecule has 0 saturated carbocycles. The molecule has 1 amide bonds. The second kappa shape index (κ2) is 8.81. The van der Waals surface area contributed by atoms with E-state index in [1.54, 1.807) is 26.0 Å². The van der Waals surface area contributed by atoms with Gasteiger partial charge in [0.15, 0.2) is 12.7 Å². The van der Waals surface area contributed by atoms with Crippen molar-refractivity contribution in [2.45, 2.75) is 26.9 Å². The van der Waals surface area contributed by atoms with Crippen molar-refractivity contribution in [1.82, 2.24) is 0 Å². The van der Waals surface area contributed by atoms with Crippen LogP contribution in [0.1, 0.15) is 18.1 Å². The number of amides is 1. The number of halogens is 3. The zero-order chi connectivity index (χ0) is 20.1. The van der Waals surface area contributed by atoms with Crippen molar-refractivity contribution in [2.24, 2.45) is 0 Å². The molecule has 2 rings (SSSR count). The number of ether oxygens (including phenoxy) is 2. The largest absolute Gasteiger partial charge is 0.481 e. The van der Waals surface area contributed by atoms with Crippen molar-refractivity contribution in [1.29, 1.82) is 0 Å². The first-order valence-electron chi connectivity index (χ1n) is 8.02. The molecular formula is C19H18ClF2NO4. The van der Waals surface area contributed by atoms with Crippen LogP contribution in [0.15, 0.2) is 30.3 Å². The Kier molecular flexibility index (Phi) is 6.74. The molecule has 0 heterocycles. The molecule has 0 aliphatic carbocycles. The van der Waals surface area contributed by atoms with Crippen LogP contribution in [0.4, 0.5) is 14.5 Å². The summed E-state index contributed by atoms with van der Waals surface area (Å²) in [6, 6.07) is 6.11. The van der Waals surface area contributed by atoms with Crippen LogP contribution < -0.4 is 10.1 Å². The van der Waals surface area contributed by atoms with Crippen LogP contribution in [0.3, 0.4) is 0 Å². The van der Waals surface area contributed by atoms with E-state index in [0.717, 1.165) is 23.3 Å². The monoisotopic (exact) mass is 397 g/mol. The van der Waals surface area contributed by atoms with Gasteiger partial charge in [0, 0.05) is 11.1 Å². The number of nitrogens with one attached hydrogen (secondary N) is 1. The lowest BCUT2D eigenvalue weighted by Gasteiger charge is -2.15. The van der Waals surface area contributed by atoms with Gasteiger partial charge in [-0.15, -0.1) is 0 Å².